The number of rotatable bonds is 3. The topological polar surface area (TPSA) is 0 Å². The summed E-state index contributed by atoms with van der Waals surface area (Å²) in [5.74, 6) is 0. The van der Waals surface area contributed by atoms with Crippen LogP contribution in [0.3, 0.4) is 0 Å². The van der Waals surface area contributed by atoms with Gasteiger partial charge in [-0.3, -0.25) is 0 Å². The van der Waals surface area contributed by atoms with Crippen molar-refractivity contribution in [3.05, 3.63) is 56.7 Å². The molecule has 0 fully saturated rings. The average Bonchev–Trinajstić information content (AvgIpc) is 2.28. The Kier molecular flexibility index (Phi) is 4.99. The molecular formula is C16H21I. The van der Waals surface area contributed by atoms with Crippen molar-refractivity contribution in [3.8, 4) is 0 Å². The Bertz CT molecular complexity index is 451. The highest BCUT2D eigenvalue weighted by Gasteiger charge is 2.25. The van der Waals surface area contributed by atoms with Crippen LogP contribution < -0.4 is 0 Å². The van der Waals surface area contributed by atoms with Crippen LogP contribution in [0.5, 0.6) is 0 Å². The Morgan fingerprint density at radius 2 is 1.88 bits per heavy atom. The zero-order valence-electron chi connectivity index (χ0n) is 11.3. The minimum atomic E-state index is 0.0620. The highest BCUT2D eigenvalue weighted by molar-refractivity contribution is 14.1. The second-order valence-corrected chi connectivity index (χ2v) is 6.07. The zero-order chi connectivity index (χ0) is 13.1. The molecule has 0 aromatic heterocycles. The van der Waals surface area contributed by atoms with Crippen molar-refractivity contribution in [1.82, 2.24) is 0 Å². The van der Waals surface area contributed by atoms with Crippen molar-refractivity contribution < 1.29 is 0 Å². The first-order valence-electron chi connectivity index (χ1n) is 5.99. The van der Waals surface area contributed by atoms with Crippen molar-refractivity contribution in [1.29, 1.82) is 0 Å². The summed E-state index contributed by atoms with van der Waals surface area (Å²) in [5, 5.41) is 0. The molecule has 0 radical (unpaired) electrons. The molecule has 0 saturated heterocycles. The molecule has 0 atom stereocenters. The number of hydrogen-bond donors (Lipinski definition) is 0. The van der Waals surface area contributed by atoms with Gasteiger partial charge in [-0.2, -0.15) is 0 Å². The Balaban J connectivity index is 3.34. The van der Waals surface area contributed by atoms with Crippen molar-refractivity contribution in [2.45, 2.75) is 40.0 Å². The van der Waals surface area contributed by atoms with Crippen molar-refractivity contribution in [3.63, 3.8) is 0 Å². The zero-order valence-corrected chi connectivity index (χ0v) is 13.5. The standard InChI is InChI=1S/C16H21I/c1-6-8-13(7-2)16(4,5)15-11-14(17)10-9-12(15)3/h6-11H,1-5H3/b8-6-,13-7+. The molecule has 0 aliphatic rings. The van der Waals surface area contributed by atoms with Crippen LogP contribution in [0.1, 0.15) is 38.8 Å². The fourth-order valence-corrected chi connectivity index (χ4v) is 2.76. The second-order valence-electron chi connectivity index (χ2n) is 4.83. The van der Waals surface area contributed by atoms with E-state index in [1.54, 1.807) is 0 Å². The highest BCUT2D eigenvalue weighted by Crippen LogP contribution is 2.35. The van der Waals surface area contributed by atoms with Crippen LogP contribution in [-0.4, -0.2) is 0 Å². The van der Waals surface area contributed by atoms with E-state index in [1.165, 1.54) is 20.3 Å². The molecule has 0 unspecified atom stereocenters. The predicted octanol–water partition coefficient (Wildman–Crippen LogP) is 5.40. The SMILES string of the molecule is C/C=C\C(=C/C)C(C)(C)c1cc(I)ccc1C. The van der Waals surface area contributed by atoms with Crippen LogP contribution in [0.2, 0.25) is 0 Å². The normalized spacial score (nSPS) is 13.4. The first-order valence-corrected chi connectivity index (χ1v) is 7.07. The number of halogens is 1. The van der Waals surface area contributed by atoms with Crippen LogP contribution >= 0.6 is 22.6 Å². The molecule has 1 aromatic rings. The molecule has 17 heavy (non-hydrogen) atoms. The predicted molar refractivity (Wildman–Crippen MR) is 85.5 cm³/mol. The molecule has 92 valence electrons. The number of aryl methyl sites for hydroxylation is 1. The molecule has 0 nitrogen and oxygen atoms in total. The molecule has 0 aliphatic carbocycles. The molecule has 0 bridgehead atoms. The Morgan fingerprint density at radius 1 is 1.24 bits per heavy atom. The summed E-state index contributed by atoms with van der Waals surface area (Å²) in [5.41, 5.74) is 4.20. The van der Waals surface area contributed by atoms with Gasteiger partial charge in [-0.1, -0.05) is 38.1 Å². The lowest BCUT2D eigenvalue weighted by atomic mass is 9.75. The maximum atomic E-state index is 2.38. The Labute approximate surface area is 119 Å². The minimum absolute atomic E-state index is 0.0620. The van der Waals surface area contributed by atoms with Gasteiger partial charge in [0.15, 0.2) is 0 Å². The fourth-order valence-electron chi connectivity index (χ4n) is 2.27. The third kappa shape index (κ3) is 3.21. The van der Waals surface area contributed by atoms with Crippen LogP contribution in [0.25, 0.3) is 0 Å². The lowest BCUT2D eigenvalue weighted by Gasteiger charge is -2.29. The molecule has 0 amide bonds. The third-order valence-electron chi connectivity index (χ3n) is 3.25. The smallest absolute Gasteiger partial charge is 0.0146 e. The van der Waals surface area contributed by atoms with Gasteiger partial charge in [-0.25, -0.2) is 0 Å². The van der Waals surface area contributed by atoms with E-state index in [4.69, 9.17) is 0 Å². The molecule has 1 heteroatoms. The van der Waals surface area contributed by atoms with Gasteiger partial charge in [0.25, 0.3) is 0 Å². The maximum Gasteiger partial charge on any atom is 0.0146 e. The summed E-state index contributed by atoms with van der Waals surface area (Å²) in [6.45, 7) is 11.0. The number of benzene rings is 1. The summed E-state index contributed by atoms with van der Waals surface area (Å²) in [7, 11) is 0. The maximum absolute atomic E-state index is 2.38. The minimum Gasteiger partial charge on any atom is -0.0874 e. The van der Waals surface area contributed by atoms with E-state index in [0.29, 0.717) is 0 Å². The first kappa shape index (κ1) is 14.5. The van der Waals surface area contributed by atoms with Gasteiger partial charge >= 0.3 is 0 Å². The summed E-state index contributed by atoms with van der Waals surface area (Å²) < 4.78 is 1.30. The van der Waals surface area contributed by atoms with E-state index < -0.39 is 0 Å². The molecular weight excluding hydrogens is 319 g/mol. The largest absolute Gasteiger partial charge is 0.0874 e. The van der Waals surface area contributed by atoms with Crippen LogP contribution in [0.4, 0.5) is 0 Å². The van der Waals surface area contributed by atoms with Gasteiger partial charge < -0.3 is 0 Å². The number of allylic oxidation sites excluding steroid dienone is 4. The van der Waals surface area contributed by atoms with E-state index in [1.807, 2.05) is 0 Å². The lowest BCUT2D eigenvalue weighted by Crippen LogP contribution is -2.21. The van der Waals surface area contributed by atoms with E-state index in [0.717, 1.165) is 0 Å². The molecule has 0 N–H and O–H groups in total. The van der Waals surface area contributed by atoms with Crippen molar-refractivity contribution in [2.24, 2.45) is 0 Å². The molecule has 0 saturated carbocycles. The second kappa shape index (κ2) is 5.85. The van der Waals surface area contributed by atoms with Gasteiger partial charge in [-0.15, -0.1) is 0 Å². The van der Waals surface area contributed by atoms with E-state index in [9.17, 15) is 0 Å². The molecule has 1 aromatic carbocycles. The van der Waals surface area contributed by atoms with Gasteiger partial charge in [0.2, 0.25) is 0 Å². The first-order chi connectivity index (χ1) is 7.93. The highest BCUT2D eigenvalue weighted by atomic mass is 127. The molecule has 0 aliphatic heterocycles. The summed E-state index contributed by atoms with van der Waals surface area (Å²) >= 11 is 2.38. The van der Waals surface area contributed by atoms with Crippen molar-refractivity contribution in [2.75, 3.05) is 0 Å². The van der Waals surface area contributed by atoms with Crippen molar-refractivity contribution >= 4 is 22.6 Å². The Morgan fingerprint density at radius 3 is 2.41 bits per heavy atom. The van der Waals surface area contributed by atoms with Crippen LogP contribution in [0, 0.1) is 10.5 Å². The van der Waals surface area contributed by atoms with Crippen LogP contribution in [0.15, 0.2) is 42.0 Å². The van der Waals surface area contributed by atoms with E-state index >= 15 is 0 Å². The number of hydrogen-bond acceptors (Lipinski definition) is 0. The van der Waals surface area contributed by atoms with Crippen LogP contribution in [-0.2, 0) is 5.41 Å². The monoisotopic (exact) mass is 340 g/mol. The van der Waals surface area contributed by atoms with E-state index in [-0.39, 0.29) is 5.41 Å². The van der Waals surface area contributed by atoms with Gasteiger partial charge in [-0.05, 0) is 72.2 Å². The summed E-state index contributed by atoms with van der Waals surface area (Å²) in [6.07, 6.45) is 6.53. The Hall–Kier alpha value is -0.570. The average molecular weight is 340 g/mol. The van der Waals surface area contributed by atoms with Gasteiger partial charge in [0.1, 0.15) is 0 Å². The molecule has 0 heterocycles. The third-order valence-corrected chi connectivity index (χ3v) is 3.92. The fraction of sp³-hybridized carbons (Fsp3) is 0.375. The van der Waals surface area contributed by atoms with E-state index in [2.05, 4.69) is 93.6 Å². The molecule has 1 rings (SSSR count). The lowest BCUT2D eigenvalue weighted by molar-refractivity contribution is 0.632. The molecule has 0 spiro atoms. The van der Waals surface area contributed by atoms with Gasteiger partial charge in [0.05, 0.1) is 0 Å². The summed E-state index contributed by atoms with van der Waals surface area (Å²) in [4.78, 5) is 0. The summed E-state index contributed by atoms with van der Waals surface area (Å²) in [6, 6.07) is 6.67. The van der Waals surface area contributed by atoms with Gasteiger partial charge in [0, 0.05) is 8.99 Å². The quantitative estimate of drug-likeness (QED) is 0.510.